The van der Waals surface area contributed by atoms with Crippen LogP contribution in [0.3, 0.4) is 0 Å². The maximum Gasteiger partial charge on any atom is 0.223 e. The van der Waals surface area contributed by atoms with Crippen molar-refractivity contribution >= 4 is 18.3 Å². The molecule has 3 rings (SSSR count). The van der Waals surface area contributed by atoms with Crippen molar-refractivity contribution in [3.8, 4) is 5.75 Å². The molecule has 0 radical (unpaired) electrons. The molecule has 3 N–H and O–H groups in total. The van der Waals surface area contributed by atoms with Gasteiger partial charge in [-0.1, -0.05) is 48.5 Å². The van der Waals surface area contributed by atoms with Crippen LogP contribution in [0, 0.1) is 5.92 Å². The van der Waals surface area contributed by atoms with Crippen molar-refractivity contribution in [1.82, 2.24) is 5.32 Å². The maximum atomic E-state index is 12.6. The van der Waals surface area contributed by atoms with Crippen molar-refractivity contribution in [2.45, 2.75) is 31.3 Å². The van der Waals surface area contributed by atoms with Gasteiger partial charge >= 0.3 is 0 Å². The minimum atomic E-state index is -0.171. The van der Waals surface area contributed by atoms with Crippen LogP contribution in [0.1, 0.15) is 30.9 Å². The SMILES string of the molecule is Cl.NC1CCC(C(=O)NC(COc2ccccc2)c2ccccc2)C1. The van der Waals surface area contributed by atoms with Gasteiger partial charge in [0.25, 0.3) is 0 Å². The smallest absolute Gasteiger partial charge is 0.223 e. The van der Waals surface area contributed by atoms with Crippen LogP contribution in [0.5, 0.6) is 5.75 Å². The number of amides is 1. The maximum absolute atomic E-state index is 12.6. The molecule has 1 aliphatic rings. The molecule has 1 amide bonds. The Bertz CT molecular complexity index is 651. The first-order valence-corrected chi connectivity index (χ1v) is 8.51. The lowest BCUT2D eigenvalue weighted by atomic mass is 10.0. The number of benzene rings is 2. The minimum absolute atomic E-state index is 0. The van der Waals surface area contributed by atoms with Gasteiger partial charge in [-0.3, -0.25) is 4.79 Å². The monoisotopic (exact) mass is 360 g/mol. The molecule has 1 saturated carbocycles. The summed E-state index contributed by atoms with van der Waals surface area (Å²) in [6.07, 6.45) is 2.57. The molecule has 0 heterocycles. The first-order valence-electron chi connectivity index (χ1n) is 8.51. The van der Waals surface area contributed by atoms with Crippen molar-refractivity contribution in [1.29, 1.82) is 0 Å². The van der Waals surface area contributed by atoms with Crippen LogP contribution in [0.2, 0.25) is 0 Å². The van der Waals surface area contributed by atoms with Gasteiger partial charge in [0.1, 0.15) is 12.4 Å². The summed E-state index contributed by atoms with van der Waals surface area (Å²) in [6.45, 7) is 0.401. The standard InChI is InChI=1S/C20H24N2O2.ClH/c21-17-12-11-16(13-17)20(23)22-19(15-7-3-1-4-8-15)14-24-18-9-5-2-6-10-18;/h1-10,16-17,19H,11-14,21H2,(H,22,23);1H. The molecule has 0 bridgehead atoms. The summed E-state index contributed by atoms with van der Waals surface area (Å²) < 4.78 is 5.87. The molecule has 3 unspecified atom stereocenters. The molecule has 0 saturated heterocycles. The second kappa shape index (κ2) is 9.44. The topological polar surface area (TPSA) is 64.4 Å². The summed E-state index contributed by atoms with van der Waals surface area (Å²) in [5.41, 5.74) is 6.98. The third-order valence-electron chi connectivity index (χ3n) is 4.52. The zero-order chi connectivity index (χ0) is 16.8. The third-order valence-corrected chi connectivity index (χ3v) is 4.52. The van der Waals surface area contributed by atoms with Crippen LogP contribution in [0.25, 0.3) is 0 Å². The Morgan fingerprint density at radius 3 is 2.32 bits per heavy atom. The van der Waals surface area contributed by atoms with E-state index in [1.807, 2.05) is 60.7 Å². The molecule has 2 aromatic carbocycles. The van der Waals surface area contributed by atoms with Gasteiger partial charge < -0.3 is 15.8 Å². The van der Waals surface area contributed by atoms with Crippen LogP contribution >= 0.6 is 12.4 Å². The van der Waals surface area contributed by atoms with Gasteiger partial charge in [0, 0.05) is 12.0 Å². The average Bonchev–Trinajstić information content (AvgIpc) is 3.06. The van der Waals surface area contributed by atoms with Gasteiger partial charge in [-0.05, 0) is 37.0 Å². The summed E-state index contributed by atoms with van der Waals surface area (Å²) in [6, 6.07) is 19.6. The van der Waals surface area contributed by atoms with E-state index in [9.17, 15) is 4.79 Å². The second-order valence-corrected chi connectivity index (χ2v) is 6.37. The fraction of sp³-hybridized carbons (Fsp3) is 0.350. The number of hydrogen-bond acceptors (Lipinski definition) is 3. The molecule has 25 heavy (non-hydrogen) atoms. The number of para-hydroxylation sites is 1. The van der Waals surface area contributed by atoms with Gasteiger partial charge in [0.2, 0.25) is 5.91 Å². The highest BCUT2D eigenvalue weighted by Gasteiger charge is 2.29. The predicted molar refractivity (Wildman–Crippen MR) is 102 cm³/mol. The summed E-state index contributed by atoms with van der Waals surface area (Å²) in [5, 5.41) is 3.15. The van der Waals surface area contributed by atoms with Crippen molar-refractivity contribution in [2.75, 3.05) is 6.61 Å². The Kier molecular flexibility index (Phi) is 7.29. The largest absolute Gasteiger partial charge is 0.491 e. The molecule has 5 heteroatoms. The van der Waals surface area contributed by atoms with Gasteiger partial charge in [0.15, 0.2) is 0 Å². The molecule has 0 spiro atoms. The lowest BCUT2D eigenvalue weighted by molar-refractivity contribution is -0.125. The number of carbonyl (C=O) groups excluding carboxylic acids is 1. The van der Waals surface area contributed by atoms with Crippen molar-refractivity contribution in [3.05, 3.63) is 66.2 Å². The molecule has 1 aliphatic carbocycles. The van der Waals surface area contributed by atoms with E-state index in [0.29, 0.717) is 6.61 Å². The fourth-order valence-corrected chi connectivity index (χ4v) is 3.15. The van der Waals surface area contributed by atoms with E-state index in [0.717, 1.165) is 30.6 Å². The number of halogens is 1. The molecule has 2 aromatic rings. The zero-order valence-electron chi connectivity index (χ0n) is 14.1. The lowest BCUT2D eigenvalue weighted by Crippen LogP contribution is -2.36. The summed E-state index contributed by atoms with van der Waals surface area (Å²) in [4.78, 5) is 12.6. The lowest BCUT2D eigenvalue weighted by Gasteiger charge is -2.22. The van der Waals surface area contributed by atoms with E-state index < -0.39 is 0 Å². The first-order chi connectivity index (χ1) is 11.7. The number of hydrogen-bond donors (Lipinski definition) is 2. The number of carbonyl (C=O) groups is 1. The Labute approximate surface area is 155 Å². The van der Waals surface area contributed by atoms with Crippen LogP contribution < -0.4 is 15.8 Å². The number of rotatable bonds is 6. The number of nitrogens with one attached hydrogen (secondary N) is 1. The van der Waals surface area contributed by atoms with Crippen LogP contribution in [-0.2, 0) is 4.79 Å². The van der Waals surface area contributed by atoms with Crippen molar-refractivity contribution in [3.63, 3.8) is 0 Å². The highest BCUT2D eigenvalue weighted by molar-refractivity contribution is 5.85. The highest BCUT2D eigenvalue weighted by Crippen LogP contribution is 2.25. The molecule has 1 fully saturated rings. The normalized spacial score (nSPS) is 20.4. The van der Waals surface area contributed by atoms with E-state index in [4.69, 9.17) is 10.5 Å². The van der Waals surface area contributed by atoms with Gasteiger partial charge in [-0.15, -0.1) is 12.4 Å². The van der Waals surface area contributed by atoms with Gasteiger partial charge in [-0.2, -0.15) is 0 Å². The van der Waals surface area contributed by atoms with E-state index in [-0.39, 0.29) is 36.3 Å². The Morgan fingerprint density at radius 1 is 1.08 bits per heavy atom. The summed E-state index contributed by atoms with van der Waals surface area (Å²) in [7, 11) is 0. The zero-order valence-corrected chi connectivity index (χ0v) is 15.0. The minimum Gasteiger partial charge on any atom is -0.491 e. The molecule has 134 valence electrons. The van der Waals surface area contributed by atoms with Gasteiger partial charge in [0.05, 0.1) is 6.04 Å². The molecular formula is C20H25ClN2O2. The molecule has 4 nitrogen and oxygen atoms in total. The molecule has 0 aliphatic heterocycles. The quantitative estimate of drug-likeness (QED) is 0.829. The number of ether oxygens (including phenoxy) is 1. The van der Waals surface area contributed by atoms with Crippen molar-refractivity contribution in [2.24, 2.45) is 11.7 Å². The summed E-state index contributed by atoms with van der Waals surface area (Å²) >= 11 is 0. The van der Waals surface area contributed by atoms with Crippen LogP contribution in [-0.4, -0.2) is 18.6 Å². The third kappa shape index (κ3) is 5.48. The molecule has 0 aromatic heterocycles. The van der Waals surface area contributed by atoms with E-state index in [1.165, 1.54) is 0 Å². The van der Waals surface area contributed by atoms with E-state index >= 15 is 0 Å². The Balaban J connectivity index is 0.00000225. The highest BCUT2D eigenvalue weighted by atomic mass is 35.5. The average molecular weight is 361 g/mol. The van der Waals surface area contributed by atoms with E-state index in [2.05, 4.69) is 5.32 Å². The van der Waals surface area contributed by atoms with Crippen LogP contribution in [0.15, 0.2) is 60.7 Å². The first kappa shape index (κ1) is 19.3. The second-order valence-electron chi connectivity index (χ2n) is 6.37. The Morgan fingerprint density at radius 2 is 1.72 bits per heavy atom. The summed E-state index contributed by atoms with van der Waals surface area (Å²) in [5.74, 6) is 0.895. The predicted octanol–water partition coefficient (Wildman–Crippen LogP) is 3.47. The molecule has 3 atom stereocenters. The van der Waals surface area contributed by atoms with E-state index in [1.54, 1.807) is 0 Å². The van der Waals surface area contributed by atoms with Crippen molar-refractivity contribution < 1.29 is 9.53 Å². The molecular weight excluding hydrogens is 336 g/mol. The van der Waals surface area contributed by atoms with Gasteiger partial charge in [-0.25, -0.2) is 0 Å². The fourth-order valence-electron chi connectivity index (χ4n) is 3.15. The Hall–Kier alpha value is -2.04. The number of nitrogens with two attached hydrogens (primary N) is 1. The van der Waals surface area contributed by atoms with Crippen LogP contribution in [0.4, 0.5) is 0 Å².